The number of carbonyl (C=O) groups excluding carboxylic acids is 1. The number of amides is 1. The van der Waals surface area contributed by atoms with E-state index < -0.39 is 0 Å². The van der Waals surface area contributed by atoms with Crippen molar-refractivity contribution in [2.24, 2.45) is 0 Å². The Labute approximate surface area is 89.5 Å². The molecule has 0 spiro atoms. The maximum atomic E-state index is 11.5. The Morgan fingerprint density at radius 2 is 1.93 bits per heavy atom. The lowest BCUT2D eigenvalue weighted by atomic mass is 10.2. The zero-order valence-corrected chi connectivity index (χ0v) is 9.03. The van der Waals surface area contributed by atoms with Crippen LogP contribution in [0, 0.1) is 0 Å². The minimum atomic E-state index is -0.114. The number of hydrogen-bond acceptors (Lipinski definition) is 3. The SMILES string of the molecule is CN(C)CCNC(=O)c1ccc(O)cc1. The second-order valence-corrected chi connectivity index (χ2v) is 3.61. The molecular weight excluding hydrogens is 192 g/mol. The molecule has 0 fully saturated rings. The molecule has 0 heterocycles. The van der Waals surface area contributed by atoms with E-state index in [-0.39, 0.29) is 11.7 Å². The van der Waals surface area contributed by atoms with Gasteiger partial charge in [0.2, 0.25) is 0 Å². The third-order valence-electron chi connectivity index (χ3n) is 1.97. The van der Waals surface area contributed by atoms with E-state index in [0.29, 0.717) is 12.1 Å². The van der Waals surface area contributed by atoms with Crippen molar-refractivity contribution in [2.45, 2.75) is 0 Å². The minimum Gasteiger partial charge on any atom is -0.508 e. The van der Waals surface area contributed by atoms with Crippen molar-refractivity contribution in [3.63, 3.8) is 0 Å². The molecular formula is C11H16N2O2. The van der Waals surface area contributed by atoms with Gasteiger partial charge in [-0.05, 0) is 38.4 Å². The van der Waals surface area contributed by atoms with E-state index in [0.717, 1.165) is 6.54 Å². The van der Waals surface area contributed by atoms with Gasteiger partial charge in [-0.3, -0.25) is 4.79 Å². The van der Waals surface area contributed by atoms with Gasteiger partial charge in [-0.25, -0.2) is 0 Å². The summed E-state index contributed by atoms with van der Waals surface area (Å²) in [5, 5.41) is 11.8. The Balaban J connectivity index is 2.43. The highest BCUT2D eigenvalue weighted by atomic mass is 16.3. The van der Waals surface area contributed by atoms with E-state index in [9.17, 15) is 4.79 Å². The highest BCUT2D eigenvalue weighted by Crippen LogP contribution is 2.09. The molecule has 4 heteroatoms. The molecule has 0 atom stereocenters. The minimum absolute atomic E-state index is 0.114. The maximum absolute atomic E-state index is 11.5. The molecule has 1 rings (SSSR count). The summed E-state index contributed by atoms with van der Waals surface area (Å²) in [6.07, 6.45) is 0. The summed E-state index contributed by atoms with van der Waals surface area (Å²) < 4.78 is 0. The van der Waals surface area contributed by atoms with Crippen molar-refractivity contribution in [1.29, 1.82) is 0 Å². The molecule has 0 aliphatic rings. The molecule has 4 nitrogen and oxygen atoms in total. The molecule has 2 N–H and O–H groups in total. The van der Waals surface area contributed by atoms with Gasteiger partial charge in [0, 0.05) is 18.7 Å². The average molecular weight is 208 g/mol. The molecule has 0 aliphatic heterocycles. The summed E-state index contributed by atoms with van der Waals surface area (Å²) in [5.74, 6) is 0.0525. The molecule has 0 saturated carbocycles. The summed E-state index contributed by atoms with van der Waals surface area (Å²) in [6.45, 7) is 1.43. The number of carbonyl (C=O) groups is 1. The first kappa shape index (κ1) is 11.5. The molecule has 0 saturated heterocycles. The molecule has 82 valence electrons. The molecule has 0 unspecified atom stereocenters. The highest BCUT2D eigenvalue weighted by Gasteiger charge is 2.03. The third-order valence-corrected chi connectivity index (χ3v) is 1.97. The molecule has 1 aromatic carbocycles. The predicted molar refractivity (Wildman–Crippen MR) is 59.0 cm³/mol. The first-order chi connectivity index (χ1) is 7.09. The van der Waals surface area contributed by atoms with Crippen LogP contribution in [-0.2, 0) is 0 Å². The van der Waals surface area contributed by atoms with Crippen LogP contribution in [0.1, 0.15) is 10.4 Å². The van der Waals surface area contributed by atoms with Crippen molar-refractivity contribution in [3.8, 4) is 5.75 Å². The Kier molecular flexibility index (Phi) is 4.12. The van der Waals surface area contributed by atoms with E-state index in [2.05, 4.69) is 5.32 Å². The van der Waals surface area contributed by atoms with E-state index in [4.69, 9.17) is 5.11 Å². The molecule has 0 bridgehead atoms. The fraction of sp³-hybridized carbons (Fsp3) is 0.364. The standard InChI is InChI=1S/C11H16N2O2/c1-13(2)8-7-12-11(15)9-3-5-10(14)6-4-9/h3-6,14H,7-8H2,1-2H3,(H,12,15). The molecule has 0 aliphatic carbocycles. The maximum Gasteiger partial charge on any atom is 0.251 e. The van der Waals surface area contributed by atoms with Gasteiger partial charge in [0.05, 0.1) is 0 Å². The Morgan fingerprint density at radius 1 is 1.33 bits per heavy atom. The van der Waals surface area contributed by atoms with E-state index in [1.807, 2.05) is 19.0 Å². The zero-order chi connectivity index (χ0) is 11.3. The van der Waals surface area contributed by atoms with E-state index in [1.54, 1.807) is 12.1 Å². The van der Waals surface area contributed by atoms with Crippen LogP contribution >= 0.6 is 0 Å². The second-order valence-electron chi connectivity index (χ2n) is 3.61. The monoisotopic (exact) mass is 208 g/mol. The summed E-state index contributed by atoms with van der Waals surface area (Å²) in [4.78, 5) is 13.5. The van der Waals surface area contributed by atoms with Crippen LogP contribution in [0.4, 0.5) is 0 Å². The van der Waals surface area contributed by atoms with Crippen LogP contribution in [0.15, 0.2) is 24.3 Å². The van der Waals surface area contributed by atoms with Gasteiger partial charge in [-0.15, -0.1) is 0 Å². The van der Waals surface area contributed by atoms with Gasteiger partial charge in [0.15, 0.2) is 0 Å². The topological polar surface area (TPSA) is 52.6 Å². The average Bonchev–Trinajstić information content (AvgIpc) is 2.18. The first-order valence-electron chi connectivity index (χ1n) is 4.81. The van der Waals surface area contributed by atoms with Gasteiger partial charge in [-0.1, -0.05) is 0 Å². The van der Waals surface area contributed by atoms with Crippen LogP contribution in [0.25, 0.3) is 0 Å². The van der Waals surface area contributed by atoms with Crippen molar-refractivity contribution in [1.82, 2.24) is 10.2 Å². The number of hydrogen-bond donors (Lipinski definition) is 2. The van der Waals surface area contributed by atoms with Crippen LogP contribution in [0.5, 0.6) is 5.75 Å². The summed E-state index contributed by atoms with van der Waals surface area (Å²) in [6, 6.07) is 6.20. The fourth-order valence-electron chi connectivity index (χ4n) is 1.11. The van der Waals surface area contributed by atoms with Gasteiger partial charge < -0.3 is 15.3 Å². The van der Waals surface area contributed by atoms with Crippen molar-refractivity contribution < 1.29 is 9.90 Å². The molecule has 1 aromatic rings. The van der Waals surface area contributed by atoms with E-state index in [1.165, 1.54) is 12.1 Å². The molecule has 1 amide bonds. The number of aromatic hydroxyl groups is 1. The fourth-order valence-corrected chi connectivity index (χ4v) is 1.11. The second kappa shape index (κ2) is 5.36. The number of nitrogens with one attached hydrogen (secondary N) is 1. The summed E-state index contributed by atoms with van der Waals surface area (Å²) >= 11 is 0. The Morgan fingerprint density at radius 3 is 2.47 bits per heavy atom. The van der Waals surface area contributed by atoms with Crippen LogP contribution in [0.3, 0.4) is 0 Å². The Bertz CT molecular complexity index is 320. The molecule has 0 radical (unpaired) electrons. The number of benzene rings is 1. The summed E-state index contributed by atoms with van der Waals surface area (Å²) in [7, 11) is 3.90. The lowest BCUT2D eigenvalue weighted by molar-refractivity contribution is 0.0951. The van der Waals surface area contributed by atoms with Crippen molar-refractivity contribution in [3.05, 3.63) is 29.8 Å². The van der Waals surface area contributed by atoms with Gasteiger partial charge in [0.1, 0.15) is 5.75 Å². The smallest absolute Gasteiger partial charge is 0.251 e. The Hall–Kier alpha value is -1.55. The van der Waals surface area contributed by atoms with Crippen LogP contribution in [-0.4, -0.2) is 43.1 Å². The van der Waals surface area contributed by atoms with Gasteiger partial charge in [0.25, 0.3) is 5.91 Å². The predicted octanol–water partition coefficient (Wildman–Crippen LogP) is 0.684. The normalized spacial score (nSPS) is 10.3. The lowest BCUT2D eigenvalue weighted by Crippen LogP contribution is -2.31. The van der Waals surface area contributed by atoms with Gasteiger partial charge in [-0.2, -0.15) is 0 Å². The third kappa shape index (κ3) is 3.99. The van der Waals surface area contributed by atoms with E-state index >= 15 is 0 Å². The number of rotatable bonds is 4. The molecule has 15 heavy (non-hydrogen) atoms. The van der Waals surface area contributed by atoms with Gasteiger partial charge >= 0.3 is 0 Å². The zero-order valence-electron chi connectivity index (χ0n) is 9.03. The number of phenols is 1. The van der Waals surface area contributed by atoms with Crippen LogP contribution in [0.2, 0.25) is 0 Å². The molecule has 0 aromatic heterocycles. The highest BCUT2D eigenvalue weighted by molar-refractivity contribution is 5.94. The van der Waals surface area contributed by atoms with Crippen molar-refractivity contribution >= 4 is 5.91 Å². The van der Waals surface area contributed by atoms with Crippen LogP contribution < -0.4 is 5.32 Å². The number of nitrogens with zero attached hydrogens (tertiary/aromatic N) is 1. The number of phenolic OH excluding ortho intramolecular Hbond substituents is 1. The lowest BCUT2D eigenvalue weighted by Gasteiger charge is -2.10. The first-order valence-corrected chi connectivity index (χ1v) is 4.81. The van der Waals surface area contributed by atoms with Crippen molar-refractivity contribution in [2.75, 3.05) is 27.2 Å². The quantitative estimate of drug-likeness (QED) is 0.765. The number of likely N-dealkylation sites (N-methyl/N-ethyl adjacent to an activating group) is 1. The summed E-state index contributed by atoms with van der Waals surface area (Å²) in [5.41, 5.74) is 0.562. The largest absolute Gasteiger partial charge is 0.508 e.